The zero-order chi connectivity index (χ0) is 18.3. The number of sulfonamides is 1. The predicted octanol–water partition coefficient (Wildman–Crippen LogP) is 2.84. The average Bonchev–Trinajstić information content (AvgIpc) is 3.23. The molecule has 4 aromatic rings. The minimum absolute atomic E-state index is 0.0162. The molecule has 0 unspecified atom stereocenters. The molecule has 0 saturated carbocycles. The number of hydrogen-bond donors (Lipinski definition) is 1. The van der Waals surface area contributed by atoms with Gasteiger partial charge in [0.1, 0.15) is 5.65 Å². The maximum absolute atomic E-state index is 12.5. The lowest BCUT2D eigenvalue weighted by Gasteiger charge is -2.10. The lowest BCUT2D eigenvalue weighted by Crippen LogP contribution is -2.14. The van der Waals surface area contributed by atoms with E-state index < -0.39 is 10.0 Å². The zero-order valence-corrected chi connectivity index (χ0v) is 15.1. The number of aryl methyl sites for hydroxylation is 2. The molecule has 0 spiro atoms. The fourth-order valence-corrected chi connectivity index (χ4v) is 3.79. The van der Waals surface area contributed by atoms with Crippen molar-refractivity contribution >= 4 is 21.4 Å². The molecule has 0 aliphatic rings. The third-order valence-corrected chi connectivity index (χ3v) is 5.35. The van der Waals surface area contributed by atoms with Gasteiger partial charge in [0.2, 0.25) is 0 Å². The Balaban J connectivity index is 1.72. The largest absolute Gasteiger partial charge is 0.339 e. The number of aromatic nitrogens is 4. The summed E-state index contributed by atoms with van der Waals surface area (Å²) >= 11 is 0. The van der Waals surface area contributed by atoms with Crippen molar-refractivity contribution in [1.29, 1.82) is 0 Å². The molecule has 0 bridgehead atoms. The number of benzene rings is 1. The summed E-state index contributed by atoms with van der Waals surface area (Å²) in [6.07, 6.45) is 6.75. The van der Waals surface area contributed by atoms with E-state index in [0.29, 0.717) is 5.69 Å². The number of rotatable bonds is 4. The van der Waals surface area contributed by atoms with Crippen molar-refractivity contribution in [2.45, 2.75) is 11.9 Å². The van der Waals surface area contributed by atoms with Gasteiger partial charge in [-0.1, -0.05) is 18.2 Å². The molecule has 132 valence electrons. The second-order valence-corrected chi connectivity index (χ2v) is 7.73. The van der Waals surface area contributed by atoms with Crippen molar-refractivity contribution in [1.82, 2.24) is 18.9 Å². The highest BCUT2D eigenvalue weighted by molar-refractivity contribution is 7.92. The van der Waals surface area contributed by atoms with Crippen LogP contribution in [0.1, 0.15) is 5.56 Å². The zero-order valence-electron chi connectivity index (χ0n) is 14.3. The van der Waals surface area contributed by atoms with Crippen molar-refractivity contribution in [2.24, 2.45) is 7.05 Å². The molecule has 1 N–H and O–H groups in total. The summed E-state index contributed by atoms with van der Waals surface area (Å²) in [7, 11) is -2.02. The van der Waals surface area contributed by atoms with E-state index in [4.69, 9.17) is 0 Å². The third kappa shape index (κ3) is 2.95. The van der Waals surface area contributed by atoms with Crippen LogP contribution < -0.4 is 4.72 Å². The average molecular weight is 367 g/mol. The van der Waals surface area contributed by atoms with Crippen LogP contribution in [0.2, 0.25) is 0 Å². The smallest absolute Gasteiger partial charge is 0.280 e. The first-order chi connectivity index (χ1) is 12.4. The molecule has 0 aliphatic carbocycles. The van der Waals surface area contributed by atoms with E-state index in [2.05, 4.69) is 14.7 Å². The highest BCUT2D eigenvalue weighted by atomic mass is 32.2. The van der Waals surface area contributed by atoms with Gasteiger partial charge < -0.3 is 8.97 Å². The number of nitrogens with one attached hydrogen (secondary N) is 1. The number of imidazole rings is 2. The fourth-order valence-electron chi connectivity index (χ4n) is 2.69. The van der Waals surface area contributed by atoms with E-state index in [1.165, 1.54) is 12.5 Å². The van der Waals surface area contributed by atoms with Crippen molar-refractivity contribution in [3.05, 3.63) is 66.9 Å². The lowest BCUT2D eigenvalue weighted by molar-refractivity contribution is 0.598. The molecule has 8 heteroatoms. The topological polar surface area (TPSA) is 81.3 Å². The summed E-state index contributed by atoms with van der Waals surface area (Å²) in [4.78, 5) is 8.50. The molecule has 0 aliphatic heterocycles. The number of anilines is 1. The molecule has 0 atom stereocenters. The van der Waals surface area contributed by atoms with Gasteiger partial charge in [-0.25, -0.2) is 9.97 Å². The van der Waals surface area contributed by atoms with E-state index in [9.17, 15) is 8.42 Å². The van der Waals surface area contributed by atoms with Crippen LogP contribution in [0.4, 0.5) is 5.69 Å². The Bertz CT molecular complexity index is 1170. The summed E-state index contributed by atoms with van der Waals surface area (Å²) in [5.74, 6) is 0. The van der Waals surface area contributed by atoms with Crippen molar-refractivity contribution in [3.63, 3.8) is 0 Å². The quantitative estimate of drug-likeness (QED) is 0.601. The van der Waals surface area contributed by atoms with E-state index in [1.54, 1.807) is 17.7 Å². The molecule has 7 nitrogen and oxygen atoms in total. The Morgan fingerprint density at radius 1 is 1.12 bits per heavy atom. The molecular formula is C18H17N5O2S. The van der Waals surface area contributed by atoms with Gasteiger partial charge in [-0.05, 0) is 30.7 Å². The SMILES string of the molecule is Cc1ccc(-c2cn3ccccc3n2)cc1NS(=O)(=O)c1cn(C)cn1. The standard InChI is InChI=1S/C18H17N5O2S/c1-13-6-7-14(16-10-23-8-4-3-5-17(23)20-16)9-15(13)21-26(24,25)18-11-22(2)12-19-18/h3-12,21H,1-2H3. The van der Waals surface area contributed by atoms with Crippen LogP contribution in [-0.2, 0) is 17.1 Å². The molecule has 1 aromatic carbocycles. The Morgan fingerprint density at radius 2 is 1.96 bits per heavy atom. The van der Waals surface area contributed by atoms with Gasteiger partial charge in [0.15, 0.2) is 5.03 Å². The molecule has 4 rings (SSSR count). The Morgan fingerprint density at radius 3 is 2.69 bits per heavy atom. The van der Waals surface area contributed by atoms with Gasteiger partial charge >= 0.3 is 0 Å². The first-order valence-electron chi connectivity index (χ1n) is 7.98. The number of pyridine rings is 1. The molecular weight excluding hydrogens is 350 g/mol. The first-order valence-corrected chi connectivity index (χ1v) is 9.46. The number of nitrogens with zero attached hydrogens (tertiary/aromatic N) is 4. The van der Waals surface area contributed by atoms with Crippen LogP contribution in [0.3, 0.4) is 0 Å². The molecule has 0 saturated heterocycles. The Kier molecular flexibility index (Phi) is 3.77. The normalized spacial score (nSPS) is 11.8. The maximum atomic E-state index is 12.5. The predicted molar refractivity (Wildman–Crippen MR) is 99.4 cm³/mol. The molecule has 0 radical (unpaired) electrons. The molecule has 0 amide bonds. The minimum Gasteiger partial charge on any atom is -0.339 e. The number of hydrogen-bond acceptors (Lipinski definition) is 4. The Labute approximate surface area is 151 Å². The van der Waals surface area contributed by atoms with Gasteiger partial charge in [-0.3, -0.25) is 4.72 Å². The maximum Gasteiger partial charge on any atom is 0.280 e. The van der Waals surface area contributed by atoms with Crippen molar-refractivity contribution in [2.75, 3.05) is 4.72 Å². The lowest BCUT2D eigenvalue weighted by atomic mass is 10.1. The molecule has 3 aromatic heterocycles. The third-order valence-electron chi connectivity index (χ3n) is 4.10. The number of fused-ring (bicyclic) bond motifs is 1. The van der Waals surface area contributed by atoms with E-state index >= 15 is 0 Å². The Hall–Kier alpha value is -3.13. The van der Waals surface area contributed by atoms with E-state index in [1.807, 2.05) is 54.0 Å². The summed E-state index contributed by atoms with van der Waals surface area (Å²) in [5.41, 5.74) is 3.76. The monoisotopic (exact) mass is 367 g/mol. The summed E-state index contributed by atoms with van der Waals surface area (Å²) < 4.78 is 31.2. The van der Waals surface area contributed by atoms with Crippen LogP contribution in [0.15, 0.2) is 66.3 Å². The van der Waals surface area contributed by atoms with Gasteiger partial charge in [-0.2, -0.15) is 8.42 Å². The van der Waals surface area contributed by atoms with Crippen LogP contribution in [0.5, 0.6) is 0 Å². The van der Waals surface area contributed by atoms with Crippen molar-refractivity contribution < 1.29 is 8.42 Å². The van der Waals surface area contributed by atoms with Crippen molar-refractivity contribution in [3.8, 4) is 11.3 Å². The molecule has 0 fully saturated rings. The fraction of sp³-hybridized carbons (Fsp3) is 0.111. The van der Waals surface area contributed by atoms with Crippen LogP contribution in [-0.4, -0.2) is 27.4 Å². The van der Waals surface area contributed by atoms with Gasteiger partial charge in [-0.15, -0.1) is 0 Å². The van der Waals surface area contributed by atoms with E-state index in [-0.39, 0.29) is 5.03 Å². The minimum atomic E-state index is -3.75. The van der Waals surface area contributed by atoms with Crippen LogP contribution in [0, 0.1) is 6.92 Å². The van der Waals surface area contributed by atoms with Crippen LogP contribution >= 0.6 is 0 Å². The summed E-state index contributed by atoms with van der Waals surface area (Å²) in [5, 5.41) is -0.0162. The van der Waals surface area contributed by atoms with Crippen LogP contribution in [0.25, 0.3) is 16.9 Å². The highest BCUT2D eigenvalue weighted by Crippen LogP contribution is 2.26. The molecule has 3 heterocycles. The summed E-state index contributed by atoms with van der Waals surface area (Å²) in [6.45, 7) is 1.85. The first kappa shape index (κ1) is 16.3. The molecule has 26 heavy (non-hydrogen) atoms. The van der Waals surface area contributed by atoms with E-state index in [0.717, 1.165) is 22.5 Å². The second kappa shape index (κ2) is 5.99. The van der Waals surface area contributed by atoms with Gasteiger partial charge in [0.25, 0.3) is 10.0 Å². The summed E-state index contributed by atoms with van der Waals surface area (Å²) in [6, 6.07) is 11.4. The highest BCUT2D eigenvalue weighted by Gasteiger charge is 2.18. The van der Waals surface area contributed by atoms with Gasteiger partial charge in [0, 0.05) is 31.2 Å². The van der Waals surface area contributed by atoms with Gasteiger partial charge in [0.05, 0.1) is 17.7 Å². The second-order valence-electron chi connectivity index (χ2n) is 6.10.